The van der Waals surface area contributed by atoms with Crippen LogP contribution in [0.2, 0.25) is 0 Å². The van der Waals surface area contributed by atoms with Crippen LogP contribution in [0.1, 0.15) is 16.2 Å². The van der Waals surface area contributed by atoms with Crippen LogP contribution >= 0.6 is 0 Å². The molecule has 62 valence electrons. The molecule has 0 saturated carbocycles. The third-order valence-corrected chi connectivity index (χ3v) is 1.48. The second kappa shape index (κ2) is 3.85. The highest BCUT2D eigenvalue weighted by Crippen LogP contribution is 1.97. The first-order valence-corrected chi connectivity index (χ1v) is 3.69. The van der Waals surface area contributed by atoms with E-state index in [9.17, 15) is 4.79 Å². The number of rotatable bonds is 2. The van der Waals surface area contributed by atoms with Gasteiger partial charge in [-0.05, 0) is 18.5 Å². The van der Waals surface area contributed by atoms with E-state index < -0.39 is 5.97 Å². The molecule has 0 aliphatic carbocycles. The largest absolute Gasteiger partial charge is 0.464 e. The Hall–Kier alpha value is -1.39. The molecule has 0 fully saturated rings. The Balaban J connectivity index is 2.84. The number of carbonyl (C=O) groups excluding carboxylic acids is 1. The predicted octanol–water partition coefficient (Wildman–Crippen LogP) is -0.604. The minimum absolute atomic E-state index is 0.245. The SMILES string of the molecule is BCc1ccc(C(=O)OC)nn1. The van der Waals surface area contributed by atoms with Gasteiger partial charge in [0, 0.05) is 0 Å². The van der Waals surface area contributed by atoms with Gasteiger partial charge in [0.1, 0.15) is 7.85 Å². The first-order valence-electron chi connectivity index (χ1n) is 3.69. The first-order chi connectivity index (χ1) is 5.77. The molecule has 0 bridgehead atoms. The molecule has 0 amide bonds. The zero-order valence-corrected chi connectivity index (χ0v) is 7.07. The van der Waals surface area contributed by atoms with Crippen molar-refractivity contribution in [2.24, 2.45) is 0 Å². The lowest BCUT2D eigenvalue weighted by Gasteiger charge is -1.97. The van der Waals surface area contributed by atoms with E-state index in [1.54, 1.807) is 12.1 Å². The van der Waals surface area contributed by atoms with E-state index in [0.29, 0.717) is 0 Å². The zero-order valence-electron chi connectivity index (χ0n) is 7.07. The summed E-state index contributed by atoms with van der Waals surface area (Å²) in [4.78, 5) is 10.9. The average molecular weight is 164 g/mol. The van der Waals surface area contributed by atoms with Gasteiger partial charge in [0.15, 0.2) is 5.69 Å². The minimum atomic E-state index is -0.454. The summed E-state index contributed by atoms with van der Waals surface area (Å²) < 4.78 is 4.47. The summed E-state index contributed by atoms with van der Waals surface area (Å²) in [5, 5.41) is 7.51. The highest BCUT2D eigenvalue weighted by molar-refractivity contribution is 6.08. The maximum Gasteiger partial charge on any atom is 0.358 e. The average Bonchev–Trinajstić information content (AvgIpc) is 2.17. The number of carbonyl (C=O) groups is 1. The number of aromatic nitrogens is 2. The fourth-order valence-corrected chi connectivity index (χ4v) is 0.762. The minimum Gasteiger partial charge on any atom is -0.464 e. The Morgan fingerprint density at radius 2 is 2.33 bits per heavy atom. The topological polar surface area (TPSA) is 52.1 Å². The van der Waals surface area contributed by atoms with E-state index in [4.69, 9.17) is 0 Å². The molecule has 0 radical (unpaired) electrons. The first kappa shape index (κ1) is 8.71. The number of hydrogen-bond donors (Lipinski definition) is 0. The van der Waals surface area contributed by atoms with Gasteiger partial charge in [-0.15, -0.1) is 5.10 Å². The fourth-order valence-electron chi connectivity index (χ4n) is 0.762. The Bertz CT molecular complexity index is 273. The van der Waals surface area contributed by atoms with Crippen molar-refractivity contribution >= 4 is 13.8 Å². The number of hydrogen-bond acceptors (Lipinski definition) is 4. The molecular formula is C7H9BN2O2. The maximum absolute atomic E-state index is 10.9. The molecule has 1 aromatic heterocycles. The molecule has 5 heteroatoms. The van der Waals surface area contributed by atoms with E-state index >= 15 is 0 Å². The Labute approximate surface area is 71.4 Å². The third-order valence-electron chi connectivity index (χ3n) is 1.48. The molecule has 4 nitrogen and oxygen atoms in total. The molecule has 0 saturated heterocycles. The summed E-state index contributed by atoms with van der Waals surface area (Å²) in [6, 6.07) is 3.37. The second-order valence-electron chi connectivity index (χ2n) is 2.26. The summed E-state index contributed by atoms with van der Waals surface area (Å²) in [7, 11) is 3.29. The summed E-state index contributed by atoms with van der Waals surface area (Å²) in [5.41, 5.74) is 1.11. The summed E-state index contributed by atoms with van der Waals surface area (Å²) in [5.74, 6) is -0.454. The van der Waals surface area contributed by atoms with Crippen molar-refractivity contribution < 1.29 is 9.53 Å². The van der Waals surface area contributed by atoms with Crippen molar-refractivity contribution in [2.45, 2.75) is 6.32 Å². The van der Waals surface area contributed by atoms with Crippen LogP contribution in [0.25, 0.3) is 0 Å². The van der Waals surface area contributed by atoms with Gasteiger partial charge in [-0.2, -0.15) is 5.10 Å². The monoisotopic (exact) mass is 164 g/mol. The lowest BCUT2D eigenvalue weighted by molar-refractivity contribution is 0.0592. The van der Waals surface area contributed by atoms with Gasteiger partial charge in [0.25, 0.3) is 0 Å². The van der Waals surface area contributed by atoms with Crippen molar-refractivity contribution in [1.29, 1.82) is 0 Å². The molecular weight excluding hydrogens is 155 g/mol. The molecule has 12 heavy (non-hydrogen) atoms. The van der Waals surface area contributed by atoms with Crippen molar-refractivity contribution in [3.8, 4) is 0 Å². The van der Waals surface area contributed by atoms with Gasteiger partial charge < -0.3 is 4.74 Å². The molecule has 1 rings (SSSR count). The van der Waals surface area contributed by atoms with Crippen molar-refractivity contribution in [2.75, 3.05) is 7.11 Å². The zero-order chi connectivity index (χ0) is 8.97. The summed E-state index contributed by atoms with van der Waals surface area (Å²) in [6.45, 7) is 0. The summed E-state index contributed by atoms with van der Waals surface area (Å²) >= 11 is 0. The van der Waals surface area contributed by atoms with Crippen LogP contribution in [0.5, 0.6) is 0 Å². The Morgan fingerprint density at radius 1 is 1.58 bits per heavy atom. The predicted molar refractivity (Wildman–Crippen MR) is 45.6 cm³/mol. The van der Waals surface area contributed by atoms with Crippen LogP contribution in [0.15, 0.2) is 12.1 Å². The Morgan fingerprint density at radius 3 is 2.75 bits per heavy atom. The second-order valence-corrected chi connectivity index (χ2v) is 2.26. The third kappa shape index (κ3) is 1.81. The van der Waals surface area contributed by atoms with Crippen molar-refractivity contribution in [1.82, 2.24) is 10.2 Å². The fraction of sp³-hybridized carbons (Fsp3) is 0.286. The van der Waals surface area contributed by atoms with E-state index in [2.05, 4.69) is 14.9 Å². The van der Waals surface area contributed by atoms with E-state index in [0.717, 1.165) is 12.0 Å². The normalized spacial score (nSPS) is 9.42. The quantitative estimate of drug-likeness (QED) is 0.432. The molecule has 0 atom stereocenters. The van der Waals surface area contributed by atoms with Gasteiger partial charge in [0.2, 0.25) is 0 Å². The van der Waals surface area contributed by atoms with Crippen LogP contribution in [0.4, 0.5) is 0 Å². The lowest BCUT2D eigenvalue weighted by atomic mass is 10.0. The number of ether oxygens (including phenoxy) is 1. The van der Waals surface area contributed by atoms with Crippen molar-refractivity contribution in [3.05, 3.63) is 23.5 Å². The maximum atomic E-state index is 10.9. The van der Waals surface area contributed by atoms with Gasteiger partial charge in [-0.1, -0.05) is 0 Å². The Kier molecular flexibility index (Phi) is 2.79. The molecule has 1 heterocycles. The molecule has 0 aromatic carbocycles. The van der Waals surface area contributed by atoms with Crippen LogP contribution in [0, 0.1) is 0 Å². The van der Waals surface area contributed by atoms with Crippen molar-refractivity contribution in [3.63, 3.8) is 0 Å². The van der Waals surface area contributed by atoms with E-state index in [-0.39, 0.29) is 5.69 Å². The molecule has 0 unspecified atom stereocenters. The molecule has 0 N–H and O–H groups in total. The number of nitrogens with zero attached hydrogens (tertiary/aromatic N) is 2. The van der Waals surface area contributed by atoms with Gasteiger partial charge >= 0.3 is 5.97 Å². The number of methoxy groups -OCH3 is 1. The number of esters is 1. The molecule has 0 spiro atoms. The lowest BCUT2D eigenvalue weighted by Crippen LogP contribution is -2.06. The standard InChI is InChI=1S/C7H9BN2O2/c1-12-7(11)6-3-2-5(4-8)9-10-6/h2-3H,4,8H2,1H3. The summed E-state index contributed by atoms with van der Waals surface area (Å²) in [6.07, 6.45) is 0.814. The highest BCUT2D eigenvalue weighted by atomic mass is 16.5. The molecule has 0 aliphatic rings. The highest BCUT2D eigenvalue weighted by Gasteiger charge is 2.06. The molecule has 1 aromatic rings. The van der Waals surface area contributed by atoms with E-state index in [1.165, 1.54) is 7.11 Å². The van der Waals surface area contributed by atoms with Crippen LogP contribution in [-0.4, -0.2) is 31.1 Å². The van der Waals surface area contributed by atoms with Crippen LogP contribution in [0.3, 0.4) is 0 Å². The van der Waals surface area contributed by atoms with Gasteiger partial charge in [-0.3, -0.25) is 0 Å². The van der Waals surface area contributed by atoms with Crippen LogP contribution in [-0.2, 0) is 11.1 Å². The van der Waals surface area contributed by atoms with Gasteiger partial charge in [0.05, 0.1) is 12.8 Å². The van der Waals surface area contributed by atoms with Crippen LogP contribution < -0.4 is 0 Å². The van der Waals surface area contributed by atoms with Gasteiger partial charge in [-0.25, -0.2) is 4.79 Å². The smallest absolute Gasteiger partial charge is 0.358 e. The molecule has 0 aliphatic heterocycles. The van der Waals surface area contributed by atoms with E-state index in [1.807, 2.05) is 7.85 Å².